The predicted octanol–water partition coefficient (Wildman–Crippen LogP) is 12.1. The highest BCUT2D eigenvalue weighted by atomic mass is 16.4. The summed E-state index contributed by atoms with van der Waals surface area (Å²) in [5, 5.41) is 17.7. The highest BCUT2D eigenvalue weighted by molar-refractivity contribution is 5.66. The summed E-state index contributed by atoms with van der Waals surface area (Å²) in [5.74, 6) is -0.596. The van der Waals surface area contributed by atoms with Crippen molar-refractivity contribution in [1.82, 2.24) is 0 Å². The molecule has 0 aromatic heterocycles. The highest BCUT2D eigenvalue weighted by Crippen LogP contribution is 2.30. The molecule has 0 rings (SSSR count). The molecule has 1 unspecified atom stereocenters. The molecule has 40 heavy (non-hydrogen) atoms. The van der Waals surface area contributed by atoms with Crippen LogP contribution in [0.1, 0.15) is 200 Å². The van der Waals surface area contributed by atoms with Gasteiger partial charge in [0, 0.05) is 12.8 Å². The fraction of sp³-hybridized carbons (Fsp3) is 0.889. The Bertz CT molecular complexity index is 598. The first kappa shape index (κ1) is 38.7. The molecule has 236 valence electrons. The van der Waals surface area contributed by atoms with Crippen LogP contribution < -0.4 is 0 Å². The quantitative estimate of drug-likeness (QED) is 0.0629. The molecule has 0 bridgehead atoms. The summed E-state index contributed by atoms with van der Waals surface area (Å²) in [6, 6.07) is 0. The summed E-state index contributed by atoms with van der Waals surface area (Å²) in [7, 11) is 0. The molecule has 0 aliphatic rings. The van der Waals surface area contributed by atoms with E-state index in [0.717, 1.165) is 38.0 Å². The topological polar surface area (TPSA) is 74.6 Å². The Kier molecular flexibility index (Phi) is 29.6. The lowest BCUT2D eigenvalue weighted by atomic mass is 9.84. The van der Waals surface area contributed by atoms with Gasteiger partial charge in [0.2, 0.25) is 0 Å². The van der Waals surface area contributed by atoms with E-state index >= 15 is 0 Å². The molecular formula is C36H68O4. The van der Waals surface area contributed by atoms with Gasteiger partial charge >= 0.3 is 11.9 Å². The van der Waals surface area contributed by atoms with Crippen LogP contribution in [0.25, 0.3) is 0 Å². The smallest absolute Gasteiger partial charge is 0.303 e. The monoisotopic (exact) mass is 565 g/mol. The van der Waals surface area contributed by atoms with Crippen molar-refractivity contribution in [2.75, 3.05) is 0 Å². The SMILES string of the molecule is CCCCCCCC/C(=C\CCCCCCCC(=O)O)C(CCCCCCCC)CCCCCCCCC(=O)O. The van der Waals surface area contributed by atoms with Gasteiger partial charge in [0.15, 0.2) is 0 Å². The summed E-state index contributed by atoms with van der Waals surface area (Å²) in [6.45, 7) is 4.58. The Morgan fingerprint density at radius 2 is 0.825 bits per heavy atom. The van der Waals surface area contributed by atoms with Crippen LogP contribution >= 0.6 is 0 Å². The molecule has 0 saturated carbocycles. The molecule has 1 atom stereocenters. The molecule has 0 aliphatic heterocycles. The van der Waals surface area contributed by atoms with Crippen LogP contribution in [0, 0.1) is 5.92 Å². The zero-order chi connectivity index (χ0) is 29.5. The summed E-state index contributed by atoms with van der Waals surface area (Å²) in [4.78, 5) is 21.4. The first-order valence-electron chi connectivity index (χ1n) is 17.6. The van der Waals surface area contributed by atoms with Crippen LogP contribution in [-0.4, -0.2) is 22.2 Å². The van der Waals surface area contributed by atoms with Gasteiger partial charge in [-0.25, -0.2) is 0 Å². The Morgan fingerprint density at radius 1 is 0.475 bits per heavy atom. The van der Waals surface area contributed by atoms with E-state index in [1.165, 1.54) is 141 Å². The van der Waals surface area contributed by atoms with E-state index in [1.807, 2.05) is 0 Å². The number of rotatable bonds is 32. The van der Waals surface area contributed by atoms with Crippen molar-refractivity contribution in [2.45, 2.75) is 200 Å². The molecule has 0 saturated heterocycles. The van der Waals surface area contributed by atoms with Crippen molar-refractivity contribution >= 4 is 11.9 Å². The average Bonchev–Trinajstić information content (AvgIpc) is 2.92. The number of hydrogen-bond donors (Lipinski definition) is 2. The number of hydrogen-bond acceptors (Lipinski definition) is 2. The van der Waals surface area contributed by atoms with Crippen molar-refractivity contribution in [2.24, 2.45) is 5.92 Å². The van der Waals surface area contributed by atoms with E-state index in [-0.39, 0.29) is 0 Å². The van der Waals surface area contributed by atoms with Crippen LogP contribution in [0.2, 0.25) is 0 Å². The minimum Gasteiger partial charge on any atom is -0.481 e. The molecule has 0 aromatic carbocycles. The van der Waals surface area contributed by atoms with Crippen LogP contribution in [0.5, 0.6) is 0 Å². The third-order valence-electron chi connectivity index (χ3n) is 8.44. The molecule has 0 spiro atoms. The van der Waals surface area contributed by atoms with Crippen LogP contribution in [0.3, 0.4) is 0 Å². The summed E-state index contributed by atoms with van der Waals surface area (Å²) < 4.78 is 0. The van der Waals surface area contributed by atoms with Crippen LogP contribution in [0.15, 0.2) is 11.6 Å². The zero-order valence-corrected chi connectivity index (χ0v) is 26.9. The second-order valence-corrected chi connectivity index (χ2v) is 12.3. The first-order valence-corrected chi connectivity index (χ1v) is 17.6. The third kappa shape index (κ3) is 28.2. The molecule has 0 radical (unpaired) electrons. The van der Waals surface area contributed by atoms with Crippen molar-refractivity contribution < 1.29 is 19.8 Å². The predicted molar refractivity (Wildman–Crippen MR) is 172 cm³/mol. The molecule has 0 fully saturated rings. The van der Waals surface area contributed by atoms with Gasteiger partial charge in [-0.05, 0) is 57.3 Å². The standard InChI is InChI=1S/C36H68O4/c1-3-5-7-9-15-21-27-33(29-23-17-11-13-19-25-31-35(37)38)34(28-22-16-10-8-6-4-2)30-24-18-12-14-20-26-32-36(39)40/h29,34H,3-28,30-32H2,1-2H3,(H,37,38)(H,39,40)/b33-29+. The lowest BCUT2D eigenvalue weighted by Gasteiger charge is -2.22. The number of aliphatic carboxylic acids is 2. The van der Waals surface area contributed by atoms with Gasteiger partial charge < -0.3 is 10.2 Å². The Hall–Kier alpha value is -1.32. The van der Waals surface area contributed by atoms with Gasteiger partial charge in [0.05, 0.1) is 0 Å². The minimum absolute atomic E-state index is 0.310. The lowest BCUT2D eigenvalue weighted by Crippen LogP contribution is -2.06. The molecule has 0 aliphatic carbocycles. The Labute approximate surface area is 249 Å². The third-order valence-corrected chi connectivity index (χ3v) is 8.44. The second kappa shape index (κ2) is 30.6. The van der Waals surface area contributed by atoms with E-state index < -0.39 is 11.9 Å². The van der Waals surface area contributed by atoms with Crippen molar-refractivity contribution in [3.05, 3.63) is 11.6 Å². The van der Waals surface area contributed by atoms with Crippen molar-refractivity contribution in [3.8, 4) is 0 Å². The van der Waals surface area contributed by atoms with Gasteiger partial charge in [0.25, 0.3) is 0 Å². The van der Waals surface area contributed by atoms with Crippen molar-refractivity contribution in [1.29, 1.82) is 0 Å². The number of allylic oxidation sites excluding steroid dienone is 2. The number of unbranched alkanes of at least 4 members (excludes halogenated alkanes) is 20. The minimum atomic E-state index is -0.670. The average molecular weight is 565 g/mol. The van der Waals surface area contributed by atoms with Gasteiger partial charge in [-0.3, -0.25) is 9.59 Å². The Balaban J connectivity index is 4.85. The van der Waals surface area contributed by atoms with Gasteiger partial charge in [0.1, 0.15) is 0 Å². The van der Waals surface area contributed by atoms with Crippen LogP contribution in [0.4, 0.5) is 0 Å². The fourth-order valence-electron chi connectivity index (χ4n) is 5.88. The zero-order valence-electron chi connectivity index (χ0n) is 26.9. The molecule has 0 heterocycles. The van der Waals surface area contributed by atoms with E-state index in [9.17, 15) is 9.59 Å². The molecule has 4 heteroatoms. The first-order chi connectivity index (χ1) is 19.5. The van der Waals surface area contributed by atoms with E-state index in [1.54, 1.807) is 5.57 Å². The van der Waals surface area contributed by atoms with Gasteiger partial charge in [-0.15, -0.1) is 0 Å². The summed E-state index contributed by atoms with van der Waals surface area (Å²) in [5.41, 5.74) is 1.75. The van der Waals surface area contributed by atoms with Crippen molar-refractivity contribution in [3.63, 3.8) is 0 Å². The molecular weight excluding hydrogens is 496 g/mol. The molecule has 4 nitrogen and oxygen atoms in total. The van der Waals surface area contributed by atoms with E-state index in [0.29, 0.717) is 12.8 Å². The number of carboxylic acid groups (broad SMARTS) is 2. The van der Waals surface area contributed by atoms with Crippen LogP contribution in [-0.2, 0) is 9.59 Å². The lowest BCUT2D eigenvalue weighted by molar-refractivity contribution is -0.138. The molecule has 2 N–H and O–H groups in total. The maximum atomic E-state index is 10.7. The van der Waals surface area contributed by atoms with E-state index in [4.69, 9.17) is 10.2 Å². The highest BCUT2D eigenvalue weighted by Gasteiger charge is 2.14. The summed E-state index contributed by atoms with van der Waals surface area (Å²) >= 11 is 0. The van der Waals surface area contributed by atoms with Gasteiger partial charge in [-0.1, -0.05) is 147 Å². The Morgan fingerprint density at radius 3 is 1.25 bits per heavy atom. The normalized spacial score (nSPS) is 12.6. The maximum Gasteiger partial charge on any atom is 0.303 e. The summed E-state index contributed by atoms with van der Waals surface area (Å²) in [6.07, 6.45) is 37.0. The number of carbonyl (C=O) groups is 2. The largest absolute Gasteiger partial charge is 0.481 e. The maximum absolute atomic E-state index is 10.7. The van der Waals surface area contributed by atoms with E-state index in [2.05, 4.69) is 19.9 Å². The van der Waals surface area contributed by atoms with Gasteiger partial charge in [-0.2, -0.15) is 0 Å². The fourth-order valence-corrected chi connectivity index (χ4v) is 5.88. The molecule has 0 amide bonds. The number of carboxylic acids is 2. The second-order valence-electron chi connectivity index (χ2n) is 12.3. The molecule has 0 aromatic rings.